The van der Waals surface area contributed by atoms with E-state index in [9.17, 15) is 22.0 Å². The zero-order chi connectivity index (χ0) is 21.5. The fourth-order valence-corrected chi connectivity index (χ4v) is 4.70. The van der Waals surface area contributed by atoms with E-state index in [0.717, 1.165) is 12.1 Å². The van der Waals surface area contributed by atoms with Crippen LogP contribution in [0.15, 0.2) is 71.6 Å². The summed E-state index contributed by atoms with van der Waals surface area (Å²) in [4.78, 5) is 14.5. The molecule has 154 valence electrons. The Bertz CT molecular complexity index is 1230. The molecule has 0 radical (unpaired) electrons. The molecule has 0 aliphatic carbocycles. The molecule has 0 saturated heterocycles. The second-order valence-electron chi connectivity index (χ2n) is 7.11. The second kappa shape index (κ2) is 7.53. The highest BCUT2D eigenvalue weighted by Crippen LogP contribution is 2.35. The van der Waals surface area contributed by atoms with Gasteiger partial charge >= 0.3 is 0 Å². The number of carbonyl (C=O) groups excluding carboxylic acids is 1. The second-order valence-corrected chi connectivity index (χ2v) is 8.80. The first-order valence-corrected chi connectivity index (χ1v) is 10.7. The lowest BCUT2D eigenvalue weighted by Gasteiger charge is -2.23. The number of rotatable bonds is 4. The standard InChI is InChI=1S/C22H18F2N2O3S/c1-14-11-16-12-18(30(28,29)25-20-9-7-17(23)13-19(20)24)8-10-21(16)26(14)22(27)15-5-3-2-4-6-15/h2-10,12-14,25H,11H2,1H3/t14-/m0/s1. The largest absolute Gasteiger partial charge is 0.305 e. The Balaban J connectivity index is 1.64. The van der Waals surface area contributed by atoms with Crippen LogP contribution in [-0.2, 0) is 16.4 Å². The molecule has 0 fully saturated rings. The smallest absolute Gasteiger partial charge is 0.261 e. The average Bonchev–Trinajstić information content (AvgIpc) is 3.05. The Hall–Kier alpha value is -3.26. The van der Waals surface area contributed by atoms with Gasteiger partial charge in [-0.3, -0.25) is 9.52 Å². The van der Waals surface area contributed by atoms with Crippen molar-refractivity contribution in [2.75, 3.05) is 9.62 Å². The highest BCUT2D eigenvalue weighted by molar-refractivity contribution is 7.92. The van der Waals surface area contributed by atoms with E-state index < -0.39 is 21.7 Å². The van der Waals surface area contributed by atoms with Crippen LogP contribution in [0.2, 0.25) is 0 Å². The molecule has 8 heteroatoms. The molecule has 4 rings (SSSR count). The summed E-state index contributed by atoms with van der Waals surface area (Å²) in [6.45, 7) is 1.89. The molecule has 1 aliphatic rings. The summed E-state index contributed by atoms with van der Waals surface area (Å²) in [7, 11) is -4.09. The molecule has 3 aromatic carbocycles. The van der Waals surface area contributed by atoms with Crippen LogP contribution in [0, 0.1) is 11.6 Å². The van der Waals surface area contributed by atoms with Gasteiger partial charge in [0.1, 0.15) is 11.6 Å². The van der Waals surface area contributed by atoms with Gasteiger partial charge < -0.3 is 4.90 Å². The summed E-state index contributed by atoms with van der Waals surface area (Å²) in [6.07, 6.45) is 0.488. The monoisotopic (exact) mass is 428 g/mol. The Kier molecular flexibility index (Phi) is 5.03. The van der Waals surface area contributed by atoms with Crippen molar-refractivity contribution in [1.29, 1.82) is 0 Å². The quantitative estimate of drug-likeness (QED) is 0.672. The number of sulfonamides is 1. The molecule has 0 unspecified atom stereocenters. The number of amides is 1. The first-order chi connectivity index (χ1) is 14.3. The third-order valence-electron chi connectivity index (χ3n) is 4.99. The van der Waals surface area contributed by atoms with E-state index in [1.807, 2.05) is 13.0 Å². The maximum atomic E-state index is 13.9. The summed E-state index contributed by atoms with van der Waals surface area (Å²) in [6, 6.07) is 15.7. The molecule has 0 aromatic heterocycles. The van der Waals surface area contributed by atoms with Crippen LogP contribution in [0.5, 0.6) is 0 Å². The molecule has 1 amide bonds. The lowest BCUT2D eigenvalue weighted by atomic mass is 10.1. The summed E-state index contributed by atoms with van der Waals surface area (Å²) in [5.41, 5.74) is 1.55. The highest BCUT2D eigenvalue weighted by atomic mass is 32.2. The van der Waals surface area contributed by atoms with Crippen molar-refractivity contribution in [3.05, 3.63) is 89.5 Å². The number of nitrogens with one attached hydrogen (secondary N) is 1. The maximum absolute atomic E-state index is 13.9. The summed E-state index contributed by atoms with van der Waals surface area (Å²) in [5, 5.41) is 0. The molecular weight excluding hydrogens is 410 g/mol. The topological polar surface area (TPSA) is 66.5 Å². The van der Waals surface area contributed by atoms with Crippen LogP contribution in [-0.4, -0.2) is 20.4 Å². The fraction of sp³-hybridized carbons (Fsp3) is 0.136. The van der Waals surface area contributed by atoms with Crippen LogP contribution in [0.1, 0.15) is 22.8 Å². The van der Waals surface area contributed by atoms with Gasteiger partial charge in [-0.05, 0) is 61.4 Å². The van der Waals surface area contributed by atoms with Gasteiger partial charge in [0.2, 0.25) is 0 Å². The first-order valence-electron chi connectivity index (χ1n) is 9.25. The molecule has 3 aromatic rings. The normalized spacial score (nSPS) is 15.7. The van der Waals surface area contributed by atoms with Crippen LogP contribution in [0.25, 0.3) is 0 Å². The number of hydrogen-bond acceptors (Lipinski definition) is 3. The summed E-state index contributed by atoms with van der Waals surface area (Å²) < 4.78 is 54.5. The minimum atomic E-state index is -4.09. The summed E-state index contributed by atoms with van der Waals surface area (Å²) >= 11 is 0. The third kappa shape index (κ3) is 3.66. The van der Waals surface area contributed by atoms with E-state index in [2.05, 4.69) is 4.72 Å². The van der Waals surface area contributed by atoms with E-state index >= 15 is 0 Å². The molecular formula is C22H18F2N2O3S. The van der Waals surface area contributed by atoms with Gasteiger partial charge in [0.05, 0.1) is 10.6 Å². The van der Waals surface area contributed by atoms with E-state index in [4.69, 9.17) is 0 Å². The van der Waals surface area contributed by atoms with Crippen LogP contribution < -0.4 is 9.62 Å². The van der Waals surface area contributed by atoms with Crippen LogP contribution in [0.3, 0.4) is 0 Å². The van der Waals surface area contributed by atoms with Gasteiger partial charge in [0.15, 0.2) is 0 Å². The number of nitrogens with zero attached hydrogens (tertiary/aromatic N) is 1. The molecule has 1 aliphatic heterocycles. The van der Waals surface area contributed by atoms with Crippen molar-refractivity contribution in [3.8, 4) is 0 Å². The fourth-order valence-electron chi connectivity index (χ4n) is 3.58. The van der Waals surface area contributed by atoms with Crippen molar-refractivity contribution in [2.24, 2.45) is 0 Å². The first kappa shape index (κ1) is 20.0. The molecule has 30 heavy (non-hydrogen) atoms. The van der Waals surface area contributed by atoms with Gasteiger partial charge in [0, 0.05) is 23.4 Å². The molecule has 0 spiro atoms. The maximum Gasteiger partial charge on any atom is 0.261 e. The van der Waals surface area contributed by atoms with Gasteiger partial charge in [0.25, 0.3) is 15.9 Å². The van der Waals surface area contributed by atoms with Gasteiger partial charge in [-0.1, -0.05) is 18.2 Å². The molecule has 1 heterocycles. The van der Waals surface area contributed by atoms with Gasteiger partial charge in [-0.15, -0.1) is 0 Å². The Morgan fingerprint density at radius 2 is 1.77 bits per heavy atom. The molecule has 1 atom stereocenters. The third-order valence-corrected chi connectivity index (χ3v) is 6.36. The van der Waals surface area contributed by atoms with E-state index in [0.29, 0.717) is 29.3 Å². The van der Waals surface area contributed by atoms with Gasteiger partial charge in [-0.2, -0.15) is 0 Å². The van der Waals surface area contributed by atoms with Crippen LogP contribution >= 0.6 is 0 Å². The van der Waals surface area contributed by atoms with Gasteiger partial charge in [-0.25, -0.2) is 17.2 Å². The number of hydrogen-bond donors (Lipinski definition) is 1. The number of benzene rings is 3. The van der Waals surface area contributed by atoms with E-state index in [1.165, 1.54) is 12.1 Å². The lowest BCUT2D eigenvalue weighted by molar-refractivity contribution is 0.0981. The zero-order valence-corrected chi connectivity index (χ0v) is 16.8. The Morgan fingerprint density at radius 3 is 2.47 bits per heavy atom. The highest BCUT2D eigenvalue weighted by Gasteiger charge is 2.32. The van der Waals surface area contributed by atoms with Crippen molar-refractivity contribution < 1.29 is 22.0 Å². The molecule has 5 nitrogen and oxygen atoms in total. The number of carbonyl (C=O) groups is 1. The number of anilines is 2. The number of halogens is 2. The Labute approximate surface area is 173 Å². The van der Waals surface area contributed by atoms with E-state index in [1.54, 1.807) is 35.2 Å². The van der Waals surface area contributed by atoms with Crippen molar-refractivity contribution in [2.45, 2.75) is 24.3 Å². The SMILES string of the molecule is C[C@H]1Cc2cc(S(=O)(=O)Nc3ccc(F)cc3F)ccc2N1C(=O)c1ccccc1. The minimum absolute atomic E-state index is 0.0637. The zero-order valence-electron chi connectivity index (χ0n) is 16.0. The molecule has 1 N–H and O–H groups in total. The lowest BCUT2D eigenvalue weighted by Crippen LogP contribution is -2.35. The molecule has 0 bridgehead atoms. The predicted octanol–water partition coefficient (Wildman–Crippen LogP) is 4.36. The van der Waals surface area contributed by atoms with Crippen molar-refractivity contribution >= 4 is 27.3 Å². The minimum Gasteiger partial charge on any atom is -0.305 e. The Morgan fingerprint density at radius 1 is 1.03 bits per heavy atom. The predicted molar refractivity (Wildman–Crippen MR) is 110 cm³/mol. The van der Waals surface area contributed by atoms with Crippen molar-refractivity contribution in [3.63, 3.8) is 0 Å². The molecule has 0 saturated carbocycles. The summed E-state index contributed by atoms with van der Waals surface area (Å²) in [5.74, 6) is -1.97. The average molecular weight is 428 g/mol. The van der Waals surface area contributed by atoms with Crippen molar-refractivity contribution in [1.82, 2.24) is 0 Å². The number of fused-ring (bicyclic) bond motifs is 1. The van der Waals surface area contributed by atoms with E-state index in [-0.39, 0.29) is 22.5 Å². The van der Waals surface area contributed by atoms with Crippen LogP contribution in [0.4, 0.5) is 20.2 Å².